The first-order valence-electron chi connectivity index (χ1n) is 9.31. The second kappa shape index (κ2) is 7.87. The Balaban J connectivity index is 1.39. The highest BCUT2D eigenvalue weighted by Gasteiger charge is 2.39. The van der Waals surface area contributed by atoms with Gasteiger partial charge in [0.1, 0.15) is 5.82 Å². The van der Waals surface area contributed by atoms with Gasteiger partial charge in [0.2, 0.25) is 5.82 Å². The Hall–Kier alpha value is -1.48. The number of halogens is 1. The first-order valence-corrected chi connectivity index (χ1v) is 10.5. The van der Waals surface area contributed by atoms with Crippen molar-refractivity contribution in [1.29, 1.82) is 0 Å². The zero-order chi connectivity index (χ0) is 19.0. The number of aromatic nitrogens is 3. The van der Waals surface area contributed by atoms with Gasteiger partial charge in [-0.15, -0.1) is 21.5 Å². The lowest BCUT2D eigenvalue weighted by molar-refractivity contribution is 0.0932. The van der Waals surface area contributed by atoms with Gasteiger partial charge in [0.25, 0.3) is 5.91 Å². The Morgan fingerprint density at radius 1 is 1.30 bits per heavy atom. The number of likely N-dealkylation sites (N-methyl/N-ethyl adjacent to an activating group) is 1. The molecule has 7 nitrogen and oxygen atoms in total. The molecule has 1 fully saturated rings. The van der Waals surface area contributed by atoms with Crippen molar-refractivity contribution >= 4 is 28.8 Å². The summed E-state index contributed by atoms with van der Waals surface area (Å²) >= 11 is 7.71. The zero-order valence-corrected chi connectivity index (χ0v) is 17.3. The molecule has 4 heterocycles. The van der Waals surface area contributed by atoms with E-state index in [2.05, 4.69) is 26.5 Å². The molecular formula is C18H25ClN6OS. The van der Waals surface area contributed by atoms with E-state index in [9.17, 15) is 4.79 Å². The van der Waals surface area contributed by atoms with Crippen molar-refractivity contribution < 1.29 is 4.79 Å². The van der Waals surface area contributed by atoms with Crippen molar-refractivity contribution in [3.05, 3.63) is 33.0 Å². The molecule has 1 N–H and O–H groups in total. The molecule has 4 rings (SSSR count). The van der Waals surface area contributed by atoms with Gasteiger partial charge in [-0.05, 0) is 38.1 Å². The third kappa shape index (κ3) is 4.18. The molecule has 0 aromatic carbocycles. The molecule has 0 spiro atoms. The Labute approximate surface area is 168 Å². The van der Waals surface area contributed by atoms with Crippen LogP contribution in [0.15, 0.2) is 12.1 Å². The van der Waals surface area contributed by atoms with Crippen LogP contribution in [0, 0.1) is 11.8 Å². The maximum Gasteiger partial charge on any atom is 0.289 e. The number of thiophene rings is 1. The van der Waals surface area contributed by atoms with Crippen molar-refractivity contribution in [2.45, 2.75) is 19.5 Å². The van der Waals surface area contributed by atoms with Crippen LogP contribution in [0.2, 0.25) is 4.34 Å². The lowest BCUT2D eigenvalue weighted by Gasteiger charge is -2.25. The molecule has 1 saturated heterocycles. The van der Waals surface area contributed by atoms with Gasteiger partial charge in [0, 0.05) is 50.6 Å². The van der Waals surface area contributed by atoms with Gasteiger partial charge in [-0.1, -0.05) is 11.6 Å². The number of nitrogens with zero attached hydrogens (tertiary/aromatic N) is 5. The summed E-state index contributed by atoms with van der Waals surface area (Å²) in [5.41, 5.74) is 0. The van der Waals surface area contributed by atoms with Gasteiger partial charge in [-0.3, -0.25) is 9.69 Å². The fourth-order valence-electron chi connectivity index (χ4n) is 4.05. The molecule has 27 heavy (non-hydrogen) atoms. The number of nitrogens with one attached hydrogen (secondary N) is 1. The maximum atomic E-state index is 12.5. The first kappa shape index (κ1) is 18.9. The van der Waals surface area contributed by atoms with Crippen molar-refractivity contribution in [3.63, 3.8) is 0 Å². The maximum absolute atomic E-state index is 12.5. The molecule has 0 aliphatic carbocycles. The fraction of sp³-hybridized carbons (Fsp3) is 0.611. The number of hydrogen-bond donors (Lipinski definition) is 1. The minimum absolute atomic E-state index is 0.128. The molecule has 2 aromatic heterocycles. The summed E-state index contributed by atoms with van der Waals surface area (Å²) in [5, 5.41) is 11.4. The molecule has 2 atom stereocenters. The Morgan fingerprint density at radius 3 is 2.85 bits per heavy atom. The summed E-state index contributed by atoms with van der Waals surface area (Å²) in [7, 11) is 3.97. The number of likely N-dealkylation sites (tertiary alicyclic amines) is 1. The highest BCUT2D eigenvalue weighted by atomic mass is 35.5. The normalized spacial score (nSPS) is 22.1. The van der Waals surface area contributed by atoms with E-state index in [4.69, 9.17) is 11.6 Å². The zero-order valence-electron chi connectivity index (χ0n) is 15.7. The summed E-state index contributed by atoms with van der Waals surface area (Å²) in [6.07, 6.45) is 0.893. The SMILES string of the molecule is CN(C)CCNC(=O)c1nnc2n1C[C@H]1CN(Cc3ccc(Cl)s3)C[C@H]1C2. The van der Waals surface area contributed by atoms with Crippen LogP contribution in [0.25, 0.3) is 0 Å². The predicted octanol–water partition coefficient (Wildman–Crippen LogP) is 1.59. The molecule has 0 bridgehead atoms. The minimum atomic E-state index is -0.128. The van der Waals surface area contributed by atoms with E-state index >= 15 is 0 Å². The van der Waals surface area contributed by atoms with Crippen LogP contribution in [-0.4, -0.2) is 70.7 Å². The molecule has 146 valence electrons. The monoisotopic (exact) mass is 408 g/mol. The van der Waals surface area contributed by atoms with Crippen LogP contribution in [-0.2, 0) is 19.5 Å². The third-order valence-corrected chi connectivity index (χ3v) is 6.61. The van der Waals surface area contributed by atoms with E-state index in [1.807, 2.05) is 29.6 Å². The number of carbonyl (C=O) groups is 1. The van der Waals surface area contributed by atoms with Crippen LogP contribution in [0.1, 0.15) is 21.3 Å². The molecule has 2 aliphatic heterocycles. The smallest absolute Gasteiger partial charge is 0.289 e. The van der Waals surface area contributed by atoms with Gasteiger partial charge in [-0.25, -0.2) is 0 Å². The molecule has 0 radical (unpaired) electrons. The second-order valence-corrected chi connectivity index (χ2v) is 9.53. The lowest BCUT2D eigenvalue weighted by atomic mass is 9.89. The van der Waals surface area contributed by atoms with Crippen molar-refractivity contribution in [2.75, 3.05) is 40.3 Å². The summed E-state index contributed by atoms with van der Waals surface area (Å²) in [6.45, 7) is 5.29. The minimum Gasteiger partial charge on any atom is -0.348 e. The highest BCUT2D eigenvalue weighted by molar-refractivity contribution is 7.16. The number of rotatable bonds is 6. The Bertz CT molecular complexity index is 819. The average Bonchev–Trinajstić information content (AvgIpc) is 3.30. The molecule has 1 amide bonds. The molecule has 0 saturated carbocycles. The van der Waals surface area contributed by atoms with Gasteiger partial charge >= 0.3 is 0 Å². The average molecular weight is 409 g/mol. The third-order valence-electron chi connectivity index (χ3n) is 5.40. The summed E-state index contributed by atoms with van der Waals surface area (Å²) in [6, 6.07) is 4.08. The van der Waals surface area contributed by atoms with Crippen molar-refractivity contribution in [3.8, 4) is 0 Å². The first-order chi connectivity index (χ1) is 13.0. The van der Waals surface area contributed by atoms with E-state index in [0.717, 1.165) is 49.3 Å². The number of carbonyl (C=O) groups excluding carboxylic acids is 1. The van der Waals surface area contributed by atoms with Crippen LogP contribution >= 0.6 is 22.9 Å². The predicted molar refractivity (Wildman–Crippen MR) is 106 cm³/mol. The summed E-state index contributed by atoms with van der Waals surface area (Å²) in [5.74, 6) is 2.39. The van der Waals surface area contributed by atoms with Crippen LogP contribution in [0.5, 0.6) is 0 Å². The highest BCUT2D eigenvalue weighted by Crippen LogP contribution is 2.34. The fourth-order valence-corrected chi connectivity index (χ4v) is 5.18. The summed E-state index contributed by atoms with van der Waals surface area (Å²) in [4.78, 5) is 18.3. The number of amides is 1. The number of fused-ring (bicyclic) bond motifs is 2. The van der Waals surface area contributed by atoms with Crippen molar-refractivity contribution in [1.82, 2.24) is 29.9 Å². The Kier molecular flexibility index (Phi) is 5.50. The second-order valence-electron chi connectivity index (χ2n) is 7.73. The van der Waals surface area contributed by atoms with Gasteiger partial charge in [-0.2, -0.15) is 0 Å². The van der Waals surface area contributed by atoms with Crippen LogP contribution in [0.3, 0.4) is 0 Å². The van der Waals surface area contributed by atoms with Crippen LogP contribution < -0.4 is 5.32 Å². The largest absolute Gasteiger partial charge is 0.348 e. The lowest BCUT2D eigenvalue weighted by Crippen LogP contribution is -2.35. The van der Waals surface area contributed by atoms with Crippen LogP contribution in [0.4, 0.5) is 0 Å². The van der Waals surface area contributed by atoms with Gasteiger partial charge in [0.05, 0.1) is 4.34 Å². The molecule has 2 aliphatic rings. The molecule has 2 aromatic rings. The van der Waals surface area contributed by atoms with E-state index in [0.29, 0.717) is 24.2 Å². The number of hydrogen-bond acceptors (Lipinski definition) is 6. The van der Waals surface area contributed by atoms with E-state index < -0.39 is 0 Å². The van der Waals surface area contributed by atoms with E-state index in [1.54, 1.807) is 11.3 Å². The molecule has 9 heteroatoms. The quantitative estimate of drug-likeness (QED) is 0.786. The van der Waals surface area contributed by atoms with E-state index in [1.165, 1.54) is 4.88 Å². The standard InChI is InChI=1S/C18H25ClN6OS/c1-23(2)6-5-20-18(26)17-22-21-16-7-12-8-24(9-13(12)10-25(16)17)11-14-3-4-15(19)27-14/h3-4,12-13H,5-11H2,1-2H3,(H,20,26)/t12-,13-/m1/s1. The Morgan fingerprint density at radius 2 is 2.11 bits per heavy atom. The van der Waals surface area contributed by atoms with Gasteiger partial charge < -0.3 is 14.8 Å². The summed E-state index contributed by atoms with van der Waals surface area (Å²) < 4.78 is 2.87. The van der Waals surface area contributed by atoms with Gasteiger partial charge in [0.15, 0.2) is 0 Å². The molecule has 0 unspecified atom stereocenters. The van der Waals surface area contributed by atoms with E-state index in [-0.39, 0.29) is 5.91 Å². The topological polar surface area (TPSA) is 66.3 Å². The van der Waals surface area contributed by atoms with Crippen molar-refractivity contribution in [2.24, 2.45) is 11.8 Å². The molecular weight excluding hydrogens is 384 g/mol.